The molecule has 0 amide bonds. The van der Waals surface area contributed by atoms with E-state index in [4.69, 9.17) is 4.74 Å². The van der Waals surface area contributed by atoms with E-state index in [1.54, 1.807) is 12.5 Å². The minimum absolute atomic E-state index is 0.239. The number of benzene rings is 2. The van der Waals surface area contributed by atoms with E-state index in [1.165, 1.54) is 0 Å². The van der Waals surface area contributed by atoms with E-state index in [0.29, 0.717) is 24.1 Å². The number of likely N-dealkylation sites (N-methyl/N-ethyl adjacent to an activating group) is 1. The van der Waals surface area contributed by atoms with Crippen LogP contribution in [0.5, 0.6) is 5.75 Å². The Labute approximate surface area is 188 Å². The lowest BCUT2D eigenvalue weighted by Crippen LogP contribution is -2.30. The van der Waals surface area contributed by atoms with Crippen LogP contribution in [0.4, 0.5) is 11.6 Å². The predicted octanol–water partition coefficient (Wildman–Crippen LogP) is 3.62. The number of rotatable bonds is 8. The first-order valence-corrected chi connectivity index (χ1v) is 10.6. The highest BCUT2D eigenvalue weighted by atomic mass is 79.9. The van der Waals surface area contributed by atoms with E-state index in [-0.39, 0.29) is 6.61 Å². The first-order chi connectivity index (χ1) is 15.0. The third kappa shape index (κ3) is 5.19. The van der Waals surface area contributed by atoms with Crippen molar-refractivity contribution >= 4 is 38.6 Å². The summed E-state index contributed by atoms with van der Waals surface area (Å²) >= 11 is 3.53. The number of ether oxygens (including phenoxy) is 1. The monoisotopic (exact) mass is 482 g/mol. The number of aliphatic hydroxyl groups is 1. The highest BCUT2D eigenvalue weighted by Crippen LogP contribution is 2.25. The molecule has 9 heteroatoms. The number of halogens is 1. The molecule has 2 heterocycles. The number of aliphatic hydroxyl groups excluding tert-OH is 1. The van der Waals surface area contributed by atoms with Gasteiger partial charge in [0.1, 0.15) is 24.8 Å². The van der Waals surface area contributed by atoms with Gasteiger partial charge in [0.25, 0.3) is 0 Å². The first kappa shape index (κ1) is 21.2. The van der Waals surface area contributed by atoms with Gasteiger partial charge in [0.2, 0.25) is 5.95 Å². The fourth-order valence-corrected chi connectivity index (χ4v) is 3.53. The van der Waals surface area contributed by atoms with E-state index in [2.05, 4.69) is 36.2 Å². The van der Waals surface area contributed by atoms with Crippen LogP contribution in [-0.4, -0.2) is 62.9 Å². The minimum Gasteiger partial charge on any atom is -0.491 e. The number of aromatic nitrogens is 4. The Bertz CT molecular complexity index is 1160. The van der Waals surface area contributed by atoms with Crippen molar-refractivity contribution in [2.75, 3.05) is 32.6 Å². The van der Waals surface area contributed by atoms with Gasteiger partial charge in [-0.3, -0.25) is 4.57 Å². The zero-order valence-electron chi connectivity index (χ0n) is 17.2. The Balaban J connectivity index is 1.47. The van der Waals surface area contributed by atoms with Gasteiger partial charge in [-0.15, -0.1) is 0 Å². The van der Waals surface area contributed by atoms with Gasteiger partial charge in [0.15, 0.2) is 5.82 Å². The lowest BCUT2D eigenvalue weighted by Gasteiger charge is -2.16. The van der Waals surface area contributed by atoms with Gasteiger partial charge in [-0.1, -0.05) is 12.1 Å². The maximum absolute atomic E-state index is 9.92. The molecule has 0 saturated carbocycles. The Kier molecular flexibility index (Phi) is 6.45. The molecule has 4 aromatic rings. The van der Waals surface area contributed by atoms with Crippen molar-refractivity contribution in [1.82, 2.24) is 24.4 Å². The normalized spacial score (nSPS) is 12.3. The van der Waals surface area contributed by atoms with Crippen molar-refractivity contribution in [2.45, 2.75) is 6.10 Å². The summed E-state index contributed by atoms with van der Waals surface area (Å²) < 4.78 is 8.33. The lowest BCUT2D eigenvalue weighted by molar-refractivity contribution is 0.0831. The summed E-state index contributed by atoms with van der Waals surface area (Å²) in [6, 6.07) is 15.3. The number of anilines is 2. The number of nitrogens with one attached hydrogen (secondary N) is 1. The maximum Gasteiger partial charge on any atom is 0.229 e. The van der Waals surface area contributed by atoms with Crippen molar-refractivity contribution in [3.8, 4) is 11.6 Å². The quantitative estimate of drug-likeness (QED) is 0.396. The number of hydrogen-bond donors (Lipinski definition) is 2. The number of para-hydroxylation sites is 2. The van der Waals surface area contributed by atoms with Gasteiger partial charge in [-0.05, 0) is 66.4 Å². The van der Waals surface area contributed by atoms with Crippen molar-refractivity contribution in [3.63, 3.8) is 0 Å². The third-order valence-electron chi connectivity index (χ3n) is 4.54. The molecule has 0 aliphatic heterocycles. The Morgan fingerprint density at radius 3 is 2.68 bits per heavy atom. The molecule has 2 aromatic carbocycles. The summed E-state index contributed by atoms with van der Waals surface area (Å²) in [7, 11) is 3.82. The zero-order chi connectivity index (χ0) is 21.8. The van der Waals surface area contributed by atoms with Gasteiger partial charge < -0.3 is 20.1 Å². The molecule has 0 bridgehead atoms. The minimum atomic E-state index is -0.540. The lowest BCUT2D eigenvalue weighted by atomic mass is 10.3. The number of hydrogen-bond acceptors (Lipinski definition) is 7. The van der Waals surface area contributed by atoms with Crippen LogP contribution in [0.15, 0.2) is 65.5 Å². The Morgan fingerprint density at radius 2 is 1.90 bits per heavy atom. The summed E-state index contributed by atoms with van der Waals surface area (Å²) in [6.45, 7) is 0.790. The van der Waals surface area contributed by atoms with E-state index < -0.39 is 6.10 Å². The van der Waals surface area contributed by atoms with Crippen molar-refractivity contribution in [1.29, 1.82) is 0 Å². The van der Waals surface area contributed by atoms with Crippen LogP contribution in [0.3, 0.4) is 0 Å². The number of nitrogens with zero attached hydrogens (tertiary/aromatic N) is 5. The highest BCUT2D eigenvalue weighted by Gasteiger charge is 2.11. The van der Waals surface area contributed by atoms with Crippen LogP contribution in [0.2, 0.25) is 0 Å². The molecule has 160 valence electrons. The molecule has 0 aliphatic carbocycles. The summed E-state index contributed by atoms with van der Waals surface area (Å²) in [6.07, 6.45) is 2.92. The first-order valence-electron chi connectivity index (χ1n) is 9.77. The summed E-state index contributed by atoms with van der Waals surface area (Å²) in [5.74, 6) is 1.85. The molecule has 1 unspecified atom stereocenters. The molecule has 0 fully saturated rings. The van der Waals surface area contributed by atoms with E-state index >= 15 is 0 Å². The third-order valence-corrected chi connectivity index (χ3v) is 5.10. The SMILES string of the molecule is CN(C)CC(O)COc1ccc(Nc2ncc(Br)c(-n3cnc4ccccc43)n2)cc1. The molecule has 1 atom stereocenters. The van der Waals surface area contributed by atoms with Gasteiger partial charge in [0, 0.05) is 18.4 Å². The van der Waals surface area contributed by atoms with Crippen molar-refractivity contribution < 1.29 is 9.84 Å². The predicted molar refractivity (Wildman–Crippen MR) is 124 cm³/mol. The smallest absolute Gasteiger partial charge is 0.229 e. The van der Waals surface area contributed by atoms with Gasteiger partial charge in [-0.25, -0.2) is 9.97 Å². The standard InChI is InChI=1S/C22H23BrN6O2/c1-28(2)12-16(30)13-31-17-9-7-15(8-10-17)26-22-24-11-18(23)21(27-22)29-14-25-19-5-3-4-6-20(19)29/h3-11,14,16,30H,12-13H2,1-2H3,(H,24,26,27). The Morgan fingerprint density at radius 1 is 1.13 bits per heavy atom. The summed E-state index contributed by atoms with van der Waals surface area (Å²) in [4.78, 5) is 15.4. The zero-order valence-corrected chi connectivity index (χ0v) is 18.8. The average Bonchev–Trinajstić information content (AvgIpc) is 3.18. The van der Waals surface area contributed by atoms with E-state index in [1.807, 2.05) is 72.1 Å². The topological polar surface area (TPSA) is 88.3 Å². The van der Waals surface area contributed by atoms with Crippen molar-refractivity contribution in [3.05, 3.63) is 65.5 Å². The molecule has 8 nitrogen and oxygen atoms in total. The molecule has 0 radical (unpaired) electrons. The average molecular weight is 483 g/mol. The highest BCUT2D eigenvalue weighted by molar-refractivity contribution is 9.10. The van der Waals surface area contributed by atoms with Gasteiger partial charge in [0.05, 0.1) is 15.5 Å². The molecule has 0 spiro atoms. The summed E-state index contributed by atoms with van der Waals surface area (Å²) in [5.41, 5.74) is 2.68. The largest absolute Gasteiger partial charge is 0.491 e. The molecule has 2 N–H and O–H groups in total. The summed E-state index contributed by atoms with van der Waals surface area (Å²) in [5, 5.41) is 13.1. The molecule has 0 aliphatic rings. The fourth-order valence-electron chi connectivity index (χ4n) is 3.15. The van der Waals surface area contributed by atoms with Crippen molar-refractivity contribution in [2.24, 2.45) is 0 Å². The molecule has 2 aromatic heterocycles. The van der Waals surface area contributed by atoms with Crippen LogP contribution in [0, 0.1) is 0 Å². The number of imidazole rings is 1. The number of fused-ring (bicyclic) bond motifs is 1. The second-order valence-corrected chi connectivity index (χ2v) is 8.20. The van der Waals surface area contributed by atoms with Crippen LogP contribution in [-0.2, 0) is 0 Å². The van der Waals surface area contributed by atoms with Gasteiger partial charge >= 0.3 is 0 Å². The van der Waals surface area contributed by atoms with Crippen LogP contribution in [0.1, 0.15) is 0 Å². The maximum atomic E-state index is 9.92. The second kappa shape index (κ2) is 9.42. The second-order valence-electron chi connectivity index (χ2n) is 7.34. The molecule has 4 rings (SSSR count). The fraction of sp³-hybridized carbons (Fsp3) is 0.227. The van der Waals surface area contributed by atoms with Crippen LogP contribution in [0.25, 0.3) is 16.9 Å². The molecular weight excluding hydrogens is 460 g/mol. The van der Waals surface area contributed by atoms with Crippen LogP contribution >= 0.6 is 15.9 Å². The molecule has 0 saturated heterocycles. The Hall–Kier alpha value is -3.01. The molecular formula is C22H23BrN6O2. The van der Waals surface area contributed by atoms with Gasteiger partial charge in [-0.2, -0.15) is 4.98 Å². The van der Waals surface area contributed by atoms with Crippen LogP contribution < -0.4 is 10.1 Å². The van der Waals surface area contributed by atoms with E-state index in [9.17, 15) is 5.11 Å². The van der Waals surface area contributed by atoms with E-state index in [0.717, 1.165) is 21.2 Å². The molecule has 31 heavy (non-hydrogen) atoms.